The van der Waals surface area contributed by atoms with Gasteiger partial charge in [0, 0.05) is 5.69 Å². The van der Waals surface area contributed by atoms with E-state index in [-0.39, 0.29) is 5.82 Å². The third-order valence-electron chi connectivity index (χ3n) is 2.68. The molecule has 2 aromatic rings. The van der Waals surface area contributed by atoms with Gasteiger partial charge in [-0.25, -0.2) is 4.39 Å². The SMILES string of the molecule is Cc1cc(-c2ccc(F)cc2)c(C#N)cc1N. The maximum absolute atomic E-state index is 12.8. The van der Waals surface area contributed by atoms with Gasteiger partial charge in [-0.1, -0.05) is 12.1 Å². The summed E-state index contributed by atoms with van der Waals surface area (Å²) in [4.78, 5) is 0. The highest BCUT2D eigenvalue weighted by atomic mass is 19.1. The predicted octanol–water partition coefficient (Wildman–Crippen LogP) is 3.26. The Morgan fingerprint density at radius 3 is 2.41 bits per heavy atom. The summed E-state index contributed by atoms with van der Waals surface area (Å²) in [5.41, 5.74) is 9.34. The molecule has 0 amide bonds. The van der Waals surface area contributed by atoms with Gasteiger partial charge in [0.15, 0.2) is 0 Å². The molecule has 0 spiro atoms. The molecule has 0 saturated carbocycles. The molecular formula is C14H11FN2. The zero-order valence-electron chi connectivity index (χ0n) is 9.37. The van der Waals surface area contributed by atoms with Crippen molar-refractivity contribution < 1.29 is 4.39 Å². The van der Waals surface area contributed by atoms with Gasteiger partial charge in [0.1, 0.15) is 5.82 Å². The van der Waals surface area contributed by atoms with Crippen LogP contribution in [0.2, 0.25) is 0 Å². The van der Waals surface area contributed by atoms with Crippen LogP contribution in [0, 0.1) is 24.1 Å². The van der Waals surface area contributed by atoms with E-state index in [4.69, 9.17) is 11.0 Å². The Morgan fingerprint density at radius 2 is 1.82 bits per heavy atom. The Hall–Kier alpha value is -2.34. The summed E-state index contributed by atoms with van der Waals surface area (Å²) in [5.74, 6) is -0.292. The largest absolute Gasteiger partial charge is 0.398 e. The molecule has 84 valence electrons. The molecule has 0 unspecified atom stereocenters. The van der Waals surface area contributed by atoms with E-state index in [0.29, 0.717) is 11.3 Å². The van der Waals surface area contributed by atoms with Gasteiger partial charge in [0.05, 0.1) is 11.6 Å². The van der Waals surface area contributed by atoms with E-state index in [0.717, 1.165) is 16.7 Å². The van der Waals surface area contributed by atoms with Crippen molar-refractivity contribution in [2.75, 3.05) is 5.73 Å². The maximum Gasteiger partial charge on any atom is 0.123 e. The van der Waals surface area contributed by atoms with Gasteiger partial charge in [-0.3, -0.25) is 0 Å². The van der Waals surface area contributed by atoms with Crippen molar-refractivity contribution in [3.63, 3.8) is 0 Å². The fraction of sp³-hybridized carbons (Fsp3) is 0.0714. The van der Waals surface area contributed by atoms with Crippen LogP contribution in [0.3, 0.4) is 0 Å². The molecule has 2 rings (SSSR count). The minimum atomic E-state index is -0.292. The number of nitrogen functional groups attached to an aromatic ring is 1. The standard InChI is InChI=1S/C14H11FN2/c1-9-6-13(11(8-16)7-14(9)17)10-2-4-12(15)5-3-10/h2-7H,17H2,1H3. The van der Waals surface area contributed by atoms with Crippen molar-refractivity contribution in [2.45, 2.75) is 6.92 Å². The Bertz CT molecular complexity index is 595. The number of nitrogens with two attached hydrogens (primary N) is 1. The van der Waals surface area contributed by atoms with Gasteiger partial charge in [0.25, 0.3) is 0 Å². The van der Waals surface area contributed by atoms with Crippen LogP contribution in [0.4, 0.5) is 10.1 Å². The summed E-state index contributed by atoms with van der Waals surface area (Å²) < 4.78 is 12.8. The van der Waals surface area contributed by atoms with Crippen LogP contribution in [0.5, 0.6) is 0 Å². The number of halogens is 1. The number of nitrogens with zero attached hydrogens (tertiary/aromatic N) is 1. The first kappa shape index (κ1) is 11.2. The molecule has 17 heavy (non-hydrogen) atoms. The lowest BCUT2D eigenvalue weighted by atomic mass is 9.97. The maximum atomic E-state index is 12.8. The highest BCUT2D eigenvalue weighted by Crippen LogP contribution is 2.27. The van der Waals surface area contributed by atoms with Crippen LogP contribution in [-0.2, 0) is 0 Å². The van der Waals surface area contributed by atoms with Crippen LogP contribution >= 0.6 is 0 Å². The molecule has 0 aliphatic heterocycles. The average Bonchev–Trinajstić information content (AvgIpc) is 2.33. The second-order valence-electron chi connectivity index (χ2n) is 3.87. The zero-order chi connectivity index (χ0) is 12.4. The van der Waals surface area contributed by atoms with Gasteiger partial charge >= 0.3 is 0 Å². The van der Waals surface area contributed by atoms with E-state index < -0.39 is 0 Å². The summed E-state index contributed by atoms with van der Waals surface area (Å²) in [5, 5.41) is 9.07. The van der Waals surface area contributed by atoms with Gasteiger partial charge in [-0.2, -0.15) is 5.26 Å². The Morgan fingerprint density at radius 1 is 1.18 bits per heavy atom. The van der Waals surface area contributed by atoms with Crippen molar-refractivity contribution in [3.8, 4) is 17.2 Å². The first-order valence-electron chi connectivity index (χ1n) is 5.18. The Labute approximate surface area is 99.1 Å². The van der Waals surface area contributed by atoms with Gasteiger partial charge in [-0.05, 0) is 47.9 Å². The fourth-order valence-electron chi connectivity index (χ4n) is 1.69. The van der Waals surface area contributed by atoms with Crippen molar-refractivity contribution in [3.05, 3.63) is 53.3 Å². The minimum absolute atomic E-state index is 0.292. The van der Waals surface area contributed by atoms with E-state index >= 15 is 0 Å². The molecule has 2 N–H and O–H groups in total. The molecule has 0 aliphatic carbocycles. The second kappa shape index (κ2) is 4.26. The fourth-order valence-corrected chi connectivity index (χ4v) is 1.69. The summed E-state index contributed by atoms with van der Waals surface area (Å²) in [6, 6.07) is 11.7. The van der Waals surface area contributed by atoms with Crippen molar-refractivity contribution in [1.29, 1.82) is 5.26 Å². The molecule has 0 radical (unpaired) electrons. The second-order valence-corrected chi connectivity index (χ2v) is 3.87. The monoisotopic (exact) mass is 226 g/mol. The summed E-state index contributed by atoms with van der Waals surface area (Å²) in [6.45, 7) is 1.88. The first-order valence-corrected chi connectivity index (χ1v) is 5.18. The lowest BCUT2D eigenvalue weighted by Gasteiger charge is -2.08. The molecule has 0 bridgehead atoms. The average molecular weight is 226 g/mol. The molecule has 2 aromatic carbocycles. The van der Waals surface area contributed by atoms with Crippen LogP contribution in [0.1, 0.15) is 11.1 Å². The number of benzene rings is 2. The summed E-state index contributed by atoms with van der Waals surface area (Å²) in [7, 11) is 0. The van der Waals surface area contributed by atoms with Crippen LogP contribution in [-0.4, -0.2) is 0 Å². The smallest absolute Gasteiger partial charge is 0.123 e. The van der Waals surface area contributed by atoms with Crippen molar-refractivity contribution >= 4 is 5.69 Å². The minimum Gasteiger partial charge on any atom is -0.398 e. The quantitative estimate of drug-likeness (QED) is 0.759. The molecular weight excluding hydrogens is 215 g/mol. The van der Waals surface area contributed by atoms with Crippen molar-refractivity contribution in [2.24, 2.45) is 0 Å². The van der Waals surface area contributed by atoms with E-state index in [1.54, 1.807) is 18.2 Å². The molecule has 0 aromatic heterocycles. The Kier molecular flexibility index (Phi) is 2.80. The number of nitriles is 1. The third kappa shape index (κ3) is 2.11. The summed E-state index contributed by atoms with van der Waals surface area (Å²) in [6.07, 6.45) is 0. The normalized spacial score (nSPS) is 9.94. The molecule has 0 fully saturated rings. The number of rotatable bonds is 1. The molecule has 3 heteroatoms. The lowest BCUT2D eigenvalue weighted by molar-refractivity contribution is 0.628. The van der Waals surface area contributed by atoms with Crippen molar-refractivity contribution in [1.82, 2.24) is 0 Å². The van der Waals surface area contributed by atoms with E-state index in [1.807, 2.05) is 13.0 Å². The lowest BCUT2D eigenvalue weighted by Crippen LogP contribution is -1.93. The first-order chi connectivity index (χ1) is 8.11. The van der Waals surface area contributed by atoms with Gasteiger partial charge < -0.3 is 5.73 Å². The molecule has 0 aliphatic rings. The van der Waals surface area contributed by atoms with Crippen LogP contribution < -0.4 is 5.73 Å². The van der Waals surface area contributed by atoms with Crippen LogP contribution in [0.25, 0.3) is 11.1 Å². The molecule has 0 saturated heterocycles. The Balaban J connectivity index is 2.63. The van der Waals surface area contributed by atoms with E-state index in [1.165, 1.54) is 12.1 Å². The predicted molar refractivity (Wildman–Crippen MR) is 65.7 cm³/mol. The number of hydrogen-bond acceptors (Lipinski definition) is 2. The van der Waals surface area contributed by atoms with Gasteiger partial charge in [0.2, 0.25) is 0 Å². The van der Waals surface area contributed by atoms with Crippen LogP contribution in [0.15, 0.2) is 36.4 Å². The topological polar surface area (TPSA) is 49.8 Å². The van der Waals surface area contributed by atoms with E-state index in [2.05, 4.69) is 6.07 Å². The molecule has 0 heterocycles. The zero-order valence-corrected chi connectivity index (χ0v) is 9.37. The molecule has 0 atom stereocenters. The molecule has 2 nitrogen and oxygen atoms in total. The highest BCUT2D eigenvalue weighted by Gasteiger charge is 2.07. The third-order valence-corrected chi connectivity index (χ3v) is 2.68. The number of hydrogen-bond donors (Lipinski definition) is 1. The van der Waals surface area contributed by atoms with Gasteiger partial charge in [-0.15, -0.1) is 0 Å². The van der Waals surface area contributed by atoms with E-state index in [9.17, 15) is 4.39 Å². The number of anilines is 1. The highest BCUT2D eigenvalue weighted by molar-refractivity contribution is 5.74. The summed E-state index contributed by atoms with van der Waals surface area (Å²) >= 11 is 0. The number of aryl methyl sites for hydroxylation is 1.